The molecule has 0 bridgehead atoms. The van der Waals surface area contributed by atoms with Crippen LogP contribution in [0, 0.1) is 0 Å². The zero-order valence-corrected chi connectivity index (χ0v) is 11.0. The van der Waals surface area contributed by atoms with Crippen LogP contribution in [0.3, 0.4) is 0 Å². The summed E-state index contributed by atoms with van der Waals surface area (Å²) in [6.07, 6.45) is -0.0543. The molecule has 0 amide bonds. The van der Waals surface area contributed by atoms with Gasteiger partial charge in [-0.25, -0.2) is 0 Å². The van der Waals surface area contributed by atoms with E-state index in [-0.39, 0.29) is 6.10 Å². The molecule has 0 aromatic carbocycles. The third-order valence-corrected chi connectivity index (χ3v) is 5.01. The van der Waals surface area contributed by atoms with E-state index >= 15 is 0 Å². The van der Waals surface area contributed by atoms with E-state index in [0.29, 0.717) is 32.3 Å². The Morgan fingerprint density at radius 2 is 1.67 bits per heavy atom. The molecule has 92 valence electrons. The molecule has 0 saturated carbocycles. The van der Waals surface area contributed by atoms with Gasteiger partial charge in [-0.1, -0.05) is 0 Å². The molecule has 0 spiro atoms. The van der Waals surface area contributed by atoms with Crippen molar-refractivity contribution in [1.29, 1.82) is 0 Å². The van der Waals surface area contributed by atoms with Gasteiger partial charge in [-0.3, -0.25) is 0 Å². The molecule has 5 nitrogen and oxygen atoms in total. The summed E-state index contributed by atoms with van der Waals surface area (Å²) >= 11 is 0. The van der Waals surface area contributed by atoms with E-state index in [9.17, 15) is 0 Å². The highest BCUT2D eigenvalue weighted by molar-refractivity contribution is 6.60. The van der Waals surface area contributed by atoms with Gasteiger partial charge in [-0.2, -0.15) is 0 Å². The van der Waals surface area contributed by atoms with Crippen LogP contribution in [-0.4, -0.2) is 41.2 Å². The van der Waals surface area contributed by atoms with Gasteiger partial charge in [0, 0.05) is 25.8 Å². The topological polar surface area (TPSA) is 79.7 Å². The summed E-state index contributed by atoms with van der Waals surface area (Å²) in [5.41, 5.74) is 11.1. The Kier molecular flexibility index (Phi) is 8.21. The van der Waals surface area contributed by atoms with E-state index in [1.807, 2.05) is 20.8 Å². The van der Waals surface area contributed by atoms with E-state index in [1.165, 1.54) is 0 Å². The molecule has 6 heteroatoms. The highest BCUT2D eigenvalue weighted by Gasteiger charge is 2.41. The summed E-state index contributed by atoms with van der Waals surface area (Å²) in [6.45, 7) is 7.87. The predicted molar refractivity (Wildman–Crippen MR) is 62.5 cm³/mol. The normalized spacial score (nSPS) is 14.2. The van der Waals surface area contributed by atoms with Gasteiger partial charge < -0.3 is 24.7 Å². The number of rotatable bonds is 9. The fourth-order valence-electron chi connectivity index (χ4n) is 1.28. The first kappa shape index (κ1) is 15.0. The molecule has 0 aromatic rings. The van der Waals surface area contributed by atoms with Crippen LogP contribution in [0.4, 0.5) is 0 Å². The summed E-state index contributed by atoms with van der Waals surface area (Å²) < 4.78 is 17.1. The molecule has 0 heterocycles. The third kappa shape index (κ3) is 5.60. The minimum atomic E-state index is -2.58. The highest BCUT2D eigenvalue weighted by Crippen LogP contribution is 2.16. The van der Waals surface area contributed by atoms with Crippen LogP contribution in [0.1, 0.15) is 20.8 Å². The molecular formula is C9H24N2O3Si. The molecule has 15 heavy (non-hydrogen) atoms. The lowest BCUT2D eigenvalue weighted by Crippen LogP contribution is -2.50. The monoisotopic (exact) mass is 236 g/mol. The molecule has 1 atom stereocenters. The highest BCUT2D eigenvalue weighted by atomic mass is 28.4. The van der Waals surface area contributed by atoms with Crippen LogP contribution in [0.15, 0.2) is 0 Å². The molecule has 0 aliphatic carbocycles. The Labute approximate surface area is 93.4 Å². The quantitative estimate of drug-likeness (QED) is 0.564. The summed E-state index contributed by atoms with van der Waals surface area (Å²) in [7, 11) is -2.58. The number of hydrogen-bond donors (Lipinski definition) is 2. The van der Waals surface area contributed by atoms with Crippen molar-refractivity contribution in [3.8, 4) is 0 Å². The van der Waals surface area contributed by atoms with E-state index in [2.05, 4.69) is 0 Å². The van der Waals surface area contributed by atoms with Crippen molar-refractivity contribution < 1.29 is 13.3 Å². The van der Waals surface area contributed by atoms with Gasteiger partial charge in [0.1, 0.15) is 0 Å². The summed E-state index contributed by atoms with van der Waals surface area (Å²) in [6, 6.07) is 0.638. The van der Waals surface area contributed by atoms with Crippen LogP contribution < -0.4 is 11.5 Å². The van der Waals surface area contributed by atoms with E-state index in [4.69, 9.17) is 24.7 Å². The van der Waals surface area contributed by atoms with Crippen molar-refractivity contribution in [2.45, 2.75) is 32.9 Å². The van der Waals surface area contributed by atoms with Crippen LogP contribution in [0.5, 0.6) is 0 Å². The van der Waals surface area contributed by atoms with Gasteiger partial charge in [0.25, 0.3) is 0 Å². The maximum absolute atomic E-state index is 5.80. The lowest BCUT2D eigenvalue weighted by molar-refractivity contribution is 0.0417. The summed E-state index contributed by atoms with van der Waals surface area (Å²) in [5.74, 6) is 0. The first-order chi connectivity index (χ1) is 7.14. The fourth-order valence-corrected chi connectivity index (χ4v) is 3.85. The Bertz CT molecular complexity index is 143. The molecule has 0 rings (SSSR count). The van der Waals surface area contributed by atoms with Crippen molar-refractivity contribution in [3.05, 3.63) is 0 Å². The SMILES string of the molecule is CCO[Si](CCN)(OCC)OC(C)CN. The minimum absolute atomic E-state index is 0.0543. The standard InChI is InChI=1S/C9H24N2O3Si/c1-4-12-15(7-6-10,13-5-2)14-9(3)8-11/h9H,4-8,10-11H2,1-3H3. The fraction of sp³-hybridized carbons (Fsp3) is 1.00. The Morgan fingerprint density at radius 3 is 2.00 bits per heavy atom. The van der Waals surface area contributed by atoms with Crippen molar-refractivity contribution in [2.75, 3.05) is 26.3 Å². The second-order valence-corrected chi connectivity index (χ2v) is 5.93. The summed E-state index contributed by atoms with van der Waals surface area (Å²) in [5, 5.41) is 0. The van der Waals surface area contributed by atoms with Crippen molar-refractivity contribution in [1.82, 2.24) is 0 Å². The van der Waals surface area contributed by atoms with Crippen LogP contribution >= 0.6 is 0 Å². The molecule has 1 unspecified atom stereocenters. The first-order valence-electron chi connectivity index (χ1n) is 5.50. The largest absolute Gasteiger partial charge is 0.502 e. The maximum atomic E-state index is 5.80. The molecule has 0 radical (unpaired) electrons. The van der Waals surface area contributed by atoms with Crippen LogP contribution in [0.25, 0.3) is 0 Å². The molecule has 0 saturated heterocycles. The third-order valence-electron chi connectivity index (χ3n) is 1.89. The average Bonchev–Trinajstić information content (AvgIpc) is 2.18. The molecule has 0 aromatic heterocycles. The maximum Gasteiger partial charge on any atom is 0.502 e. The van der Waals surface area contributed by atoms with Crippen molar-refractivity contribution in [2.24, 2.45) is 11.5 Å². The molecule has 0 aliphatic heterocycles. The predicted octanol–water partition coefficient (Wildman–Crippen LogP) is 0.321. The molecule has 4 N–H and O–H groups in total. The average molecular weight is 236 g/mol. The second-order valence-electron chi connectivity index (χ2n) is 3.25. The van der Waals surface area contributed by atoms with Gasteiger partial charge >= 0.3 is 8.80 Å². The van der Waals surface area contributed by atoms with Gasteiger partial charge in [0.05, 0.1) is 6.10 Å². The zero-order chi connectivity index (χ0) is 11.7. The summed E-state index contributed by atoms with van der Waals surface area (Å²) in [4.78, 5) is 0. The van der Waals surface area contributed by atoms with Crippen molar-refractivity contribution in [3.63, 3.8) is 0 Å². The first-order valence-corrected chi connectivity index (χ1v) is 7.43. The van der Waals surface area contributed by atoms with Gasteiger partial charge in [0.2, 0.25) is 0 Å². The lowest BCUT2D eigenvalue weighted by atomic mass is 10.4. The lowest BCUT2D eigenvalue weighted by Gasteiger charge is -2.31. The van der Waals surface area contributed by atoms with Crippen LogP contribution in [0.2, 0.25) is 6.04 Å². The molecule has 0 fully saturated rings. The van der Waals surface area contributed by atoms with Crippen LogP contribution in [-0.2, 0) is 13.3 Å². The second kappa shape index (κ2) is 8.20. The Hall–Kier alpha value is 0.0169. The van der Waals surface area contributed by atoms with E-state index in [0.717, 1.165) is 0 Å². The van der Waals surface area contributed by atoms with Gasteiger partial charge in [0.15, 0.2) is 0 Å². The zero-order valence-electron chi connectivity index (χ0n) is 9.99. The minimum Gasteiger partial charge on any atom is -0.374 e. The molecular weight excluding hydrogens is 212 g/mol. The van der Waals surface area contributed by atoms with E-state index < -0.39 is 8.80 Å². The Balaban J connectivity index is 4.44. The molecule has 0 aliphatic rings. The number of hydrogen-bond acceptors (Lipinski definition) is 5. The smallest absolute Gasteiger partial charge is 0.374 e. The van der Waals surface area contributed by atoms with E-state index in [1.54, 1.807) is 0 Å². The van der Waals surface area contributed by atoms with Gasteiger partial charge in [-0.15, -0.1) is 0 Å². The van der Waals surface area contributed by atoms with Crippen molar-refractivity contribution >= 4 is 8.80 Å². The number of nitrogens with two attached hydrogens (primary N) is 2. The van der Waals surface area contributed by atoms with Gasteiger partial charge in [-0.05, 0) is 27.3 Å². The Morgan fingerprint density at radius 1 is 1.13 bits per heavy atom.